The van der Waals surface area contributed by atoms with E-state index in [0.29, 0.717) is 17.0 Å². The van der Waals surface area contributed by atoms with E-state index in [0.717, 1.165) is 19.3 Å². The Morgan fingerprint density at radius 1 is 1.36 bits per heavy atom. The average molecular weight is 343 g/mol. The van der Waals surface area contributed by atoms with Crippen molar-refractivity contribution in [2.45, 2.75) is 65.8 Å². The third-order valence-corrected chi connectivity index (χ3v) is 6.39. The van der Waals surface area contributed by atoms with Crippen LogP contribution in [0.25, 0.3) is 11.0 Å². The van der Waals surface area contributed by atoms with Gasteiger partial charge in [0.15, 0.2) is 5.78 Å². The number of unbranched alkanes of at least 4 members (excludes halogenated alkanes) is 1. The van der Waals surface area contributed by atoms with Crippen molar-refractivity contribution in [3.05, 3.63) is 18.2 Å². The molecule has 5 nitrogen and oxygen atoms in total. The summed E-state index contributed by atoms with van der Waals surface area (Å²) in [4.78, 5) is 13.1. The van der Waals surface area contributed by atoms with Crippen LogP contribution in [0.5, 0.6) is 5.75 Å². The van der Waals surface area contributed by atoms with Crippen LogP contribution in [0.2, 0.25) is 0 Å². The van der Waals surface area contributed by atoms with Crippen LogP contribution in [-0.2, 0) is 11.3 Å². The number of nitrogens with zero attached hydrogens (tertiary/aromatic N) is 3. The summed E-state index contributed by atoms with van der Waals surface area (Å²) in [5.41, 5.74) is 1.51. The Kier molecular flexibility index (Phi) is 5.11. The number of aromatic nitrogens is 3. The van der Waals surface area contributed by atoms with Gasteiger partial charge < -0.3 is 5.11 Å². The quantitative estimate of drug-likeness (QED) is 0.812. The predicted octanol–water partition coefficient (Wildman–Crippen LogP) is 4.34. The van der Waals surface area contributed by atoms with Crippen molar-refractivity contribution in [3.8, 4) is 5.75 Å². The van der Waals surface area contributed by atoms with Crippen molar-refractivity contribution in [2.75, 3.05) is 0 Å². The van der Waals surface area contributed by atoms with Gasteiger partial charge in [0.2, 0.25) is 0 Å². The first-order valence-electron chi connectivity index (χ1n) is 9.54. The molecule has 1 aromatic carbocycles. The molecule has 2 aromatic rings. The fourth-order valence-corrected chi connectivity index (χ4v) is 4.63. The summed E-state index contributed by atoms with van der Waals surface area (Å²) in [7, 11) is 0. The molecule has 0 bridgehead atoms. The number of hydrogen-bond acceptors (Lipinski definition) is 4. The van der Waals surface area contributed by atoms with Crippen LogP contribution in [0, 0.1) is 17.3 Å². The van der Waals surface area contributed by atoms with Crippen molar-refractivity contribution >= 4 is 16.8 Å². The molecule has 1 aliphatic carbocycles. The maximum Gasteiger partial charge on any atom is 0.157 e. The molecule has 1 fully saturated rings. The molecule has 3 unspecified atom stereocenters. The molecule has 0 saturated heterocycles. The second-order valence-electron chi connectivity index (χ2n) is 7.71. The van der Waals surface area contributed by atoms with Gasteiger partial charge >= 0.3 is 0 Å². The third kappa shape index (κ3) is 3.29. The van der Waals surface area contributed by atoms with Gasteiger partial charge in [-0.05, 0) is 49.1 Å². The van der Waals surface area contributed by atoms with Gasteiger partial charge in [-0.25, -0.2) is 4.68 Å². The number of phenolic OH excluding ortho intramolecular Hbond substituents is 1. The number of aromatic hydroxyl groups is 1. The Morgan fingerprint density at radius 3 is 2.88 bits per heavy atom. The number of benzene rings is 1. The Hall–Kier alpha value is -1.91. The highest BCUT2D eigenvalue weighted by Crippen LogP contribution is 2.52. The summed E-state index contributed by atoms with van der Waals surface area (Å²) >= 11 is 0. The van der Waals surface area contributed by atoms with Gasteiger partial charge in [0.25, 0.3) is 0 Å². The summed E-state index contributed by atoms with van der Waals surface area (Å²) in [6.45, 7) is 6.98. The summed E-state index contributed by atoms with van der Waals surface area (Å²) in [6, 6.07) is 4.94. The molecule has 136 valence electrons. The van der Waals surface area contributed by atoms with Crippen LogP contribution >= 0.6 is 0 Å². The first kappa shape index (κ1) is 17.9. The fraction of sp³-hybridized carbons (Fsp3) is 0.650. The van der Waals surface area contributed by atoms with Crippen molar-refractivity contribution in [2.24, 2.45) is 17.3 Å². The summed E-state index contributed by atoms with van der Waals surface area (Å²) in [5.74, 6) is 1.15. The van der Waals surface area contributed by atoms with E-state index < -0.39 is 0 Å². The summed E-state index contributed by atoms with van der Waals surface area (Å²) < 4.78 is 1.63. The Balaban J connectivity index is 1.79. The second kappa shape index (κ2) is 7.14. The number of Topliss-reactive ketones (excluding diaryl/α,β-unsaturated/α-hetero) is 1. The average Bonchev–Trinajstić information content (AvgIpc) is 3.14. The minimum Gasteiger partial charge on any atom is -0.508 e. The molecule has 0 spiro atoms. The summed E-state index contributed by atoms with van der Waals surface area (Å²) in [5, 5.41) is 17.9. The first-order valence-corrected chi connectivity index (χ1v) is 9.54. The lowest BCUT2D eigenvalue weighted by atomic mass is 9.69. The highest BCUT2D eigenvalue weighted by Gasteiger charge is 2.47. The number of phenols is 1. The lowest BCUT2D eigenvalue weighted by molar-refractivity contribution is -0.127. The SMILES string of the molecule is CCCCC1CCC(C(=O)Cn2nnc3ccc(O)cc32)C1(C)CC. The van der Waals surface area contributed by atoms with Gasteiger partial charge in [0.1, 0.15) is 17.8 Å². The molecule has 1 N–H and O–H groups in total. The molecule has 0 radical (unpaired) electrons. The number of carbonyl (C=O) groups is 1. The van der Waals surface area contributed by atoms with Gasteiger partial charge in [-0.2, -0.15) is 0 Å². The molecule has 0 aliphatic heterocycles. The standard InChI is InChI=1S/C20H29N3O2/c1-4-6-7-14-8-10-16(20(14,3)5-2)19(25)13-23-18-12-15(24)9-11-17(18)21-22-23/h9,11-12,14,16,24H,4-8,10,13H2,1-3H3. The van der Waals surface area contributed by atoms with Crippen LogP contribution in [0.15, 0.2) is 18.2 Å². The minimum atomic E-state index is 0.0881. The molecule has 1 aromatic heterocycles. The number of ketones is 1. The topological polar surface area (TPSA) is 68.0 Å². The highest BCUT2D eigenvalue weighted by atomic mass is 16.3. The lowest BCUT2D eigenvalue weighted by Crippen LogP contribution is -2.35. The highest BCUT2D eigenvalue weighted by molar-refractivity contribution is 5.84. The van der Waals surface area contributed by atoms with Crippen LogP contribution in [-0.4, -0.2) is 25.9 Å². The van der Waals surface area contributed by atoms with E-state index in [4.69, 9.17) is 0 Å². The largest absolute Gasteiger partial charge is 0.508 e. The molecular weight excluding hydrogens is 314 g/mol. The third-order valence-electron chi connectivity index (χ3n) is 6.39. The minimum absolute atomic E-state index is 0.0881. The van der Waals surface area contributed by atoms with Crippen LogP contribution in [0.4, 0.5) is 0 Å². The molecule has 1 saturated carbocycles. The smallest absolute Gasteiger partial charge is 0.157 e. The number of rotatable bonds is 7. The van der Waals surface area contributed by atoms with E-state index in [2.05, 4.69) is 31.1 Å². The van der Waals surface area contributed by atoms with E-state index >= 15 is 0 Å². The van der Waals surface area contributed by atoms with E-state index in [1.54, 1.807) is 22.9 Å². The van der Waals surface area contributed by atoms with Crippen molar-refractivity contribution in [1.82, 2.24) is 15.0 Å². The Morgan fingerprint density at radius 2 is 2.16 bits per heavy atom. The monoisotopic (exact) mass is 343 g/mol. The molecule has 1 aliphatic rings. The number of carbonyl (C=O) groups excluding carboxylic acids is 1. The van der Waals surface area contributed by atoms with Crippen LogP contribution in [0.1, 0.15) is 59.3 Å². The van der Waals surface area contributed by atoms with Crippen molar-refractivity contribution < 1.29 is 9.90 Å². The van der Waals surface area contributed by atoms with Gasteiger partial charge in [0, 0.05) is 12.0 Å². The predicted molar refractivity (Wildman–Crippen MR) is 98.3 cm³/mol. The van der Waals surface area contributed by atoms with Crippen LogP contribution in [0.3, 0.4) is 0 Å². The van der Waals surface area contributed by atoms with Gasteiger partial charge in [-0.15, -0.1) is 5.10 Å². The Labute approximate surface area is 149 Å². The molecular formula is C20H29N3O2. The molecule has 0 amide bonds. The molecule has 25 heavy (non-hydrogen) atoms. The number of hydrogen-bond donors (Lipinski definition) is 1. The Bertz CT molecular complexity index is 754. The maximum absolute atomic E-state index is 13.1. The van der Waals surface area contributed by atoms with Gasteiger partial charge in [-0.1, -0.05) is 38.8 Å². The summed E-state index contributed by atoms with van der Waals surface area (Å²) in [6.07, 6.45) is 6.86. The van der Waals surface area contributed by atoms with E-state index in [9.17, 15) is 9.90 Å². The van der Waals surface area contributed by atoms with E-state index in [1.807, 2.05) is 0 Å². The van der Waals surface area contributed by atoms with Crippen molar-refractivity contribution in [3.63, 3.8) is 0 Å². The fourth-order valence-electron chi connectivity index (χ4n) is 4.63. The van der Waals surface area contributed by atoms with E-state index in [1.165, 1.54) is 19.3 Å². The zero-order chi connectivity index (χ0) is 18.0. The molecule has 3 rings (SSSR count). The zero-order valence-electron chi connectivity index (χ0n) is 15.5. The zero-order valence-corrected chi connectivity index (χ0v) is 15.5. The second-order valence-corrected chi connectivity index (χ2v) is 7.71. The normalized spacial score (nSPS) is 26.4. The van der Waals surface area contributed by atoms with E-state index in [-0.39, 0.29) is 29.4 Å². The van der Waals surface area contributed by atoms with Crippen molar-refractivity contribution in [1.29, 1.82) is 0 Å². The van der Waals surface area contributed by atoms with Gasteiger partial charge in [-0.3, -0.25) is 4.79 Å². The first-order chi connectivity index (χ1) is 12.0. The maximum atomic E-state index is 13.1. The van der Waals surface area contributed by atoms with Crippen LogP contribution < -0.4 is 0 Å². The van der Waals surface area contributed by atoms with Gasteiger partial charge in [0.05, 0.1) is 5.52 Å². The molecule has 1 heterocycles. The number of fused-ring (bicyclic) bond motifs is 1. The molecule has 3 atom stereocenters. The lowest BCUT2D eigenvalue weighted by Gasteiger charge is -2.35. The molecule has 5 heteroatoms.